The van der Waals surface area contributed by atoms with E-state index in [4.69, 9.17) is 5.73 Å². The Hall–Kier alpha value is -3.96. The van der Waals surface area contributed by atoms with Gasteiger partial charge in [0.15, 0.2) is 5.78 Å². The van der Waals surface area contributed by atoms with Crippen LogP contribution in [0.25, 0.3) is 12.2 Å². The number of hydrogen-bond donors (Lipinski definition) is 1. The smallest absolute Gasteiger partial charge is 0.241 e. The van der Waals surface area contributed by atoms with Gasteiger partial charge in [-0.1, -0.05) is 60.7 Å². The number of benzene rings is 3. The quantitative estimate of drug-likeness (QED) is 0.407. The van der Waals surface area contributed by atoms with Gasteiger partial charge < -0.3 is 10.6 Å². The molecule has 3 aromatic carbocycles. The normalized spacial score (nSPS) is 14.6. The molecular weight excluding hydrogens is 422 g/mol. The Morgan fingerprint density at radius 2 is 1.32 bits per heavy atom. The van der Waals surface area contributed by atoms with Crippen LogP contribution in [0.5, 0.6) is 0 Å². The van der Waals surface area contributed by atoms with Gasteiger partial charge in [-0.25, -0.2) is 0 Å². The number of hydrogen-bond acceptors (Lipinski definition) is 4. The Morgan fingerprint density at radius 3 is 1.91 bits per heavy atom. The molecule has 34 heavy (non-hydrogen) atoms. The standard InChI is InChI=1S/C29H29N3O2/c30-29(34)17-11-24-8-6-23(7-9-24)10-16-28(33)26-12-14-27(15-13-26)32-20-18-31(19-21-32)22-25-4-2-1-3-5-25/h1-17H,18-22H2,(H2,30,34)/b16-10+,17-11+. The first kappa shape index (κ1) is 23.2. The van der Waals surface area contributed by atoms with E-state index in [9.17, 15) is 9.59 Å². The van der Waals surface area contributed by atoms with Crippen molar-refractivity contribution in [2.45, 2.75) is 6.54 Å². The average molecular weight is 452 g/mol. The molecule has 5 nitrogen and oxygen atoms in total. The van der Waals surface area contributed by atoms with E-state index in [0.717, 1.165) is 49.5 Å². The molecule has 0 spiro atoms. The van der Waals surface area contributed by atoms with Gasteiger partial charge in [0.1, 0.15) is 0 Å². The van der Waals surface area contributed by atoms with Crippen molar-refractivity contribution in [1.82, 2.24) is 4.90 Å². The first-order valence-electron chi connectivity index (χ1n) is 11.5. The van der Waals surface area contributed by atoms with Crippen LogP contribution < -0.4 is 10.6 Å². The molecule has 0 atom stereocenters. The van der Waals surface area contributed by atoms with Gasteiger partial charge in [-0.15, -0.1) is 0 Å². The van der Waals surface area contributed by atoms with Gasteiger partial charge in [0.05, 0.1) is 0 Å². The second-order valence-electron chi connectivity index (χ2n) is 8.40. The highest BCUT2D eigenvalue weighted by molar-refractivity contribution is 6.07. The van der Waals surface area contributed by atoms with E-state index in [0.29, 0.717) is 5.56 Å². The lowest BCUT2D eigenvalue weighted by atomic mass is 10.1. The number of piperazine rings is 1. The van der Waals surface area contributed by atoms with Gasteiger partial charge in [0, 0.05) is 50.1 Å². The summed E-state index contributed by atoms with van der Waals surface area (Å²) in [5, 5.41) is 0. The zero-order valence-electron chi connectivity index (χ0n) is 19.1. The van der Waals surface area contributed by atoms with Crippen molar-refractivity contribution < 1.29 is 9.59 Å². The summed E-state index contributed by atoms with van der Waals surface area (Å²) < 4.78 is 0. The molecular formula is C29H29N3O2. The highest BCUT2D eigenvalue weighted by Gasteiger charge is 2.17. The van der Waals surface area contributed by atoms with Crippen molar-refractivity contribution in [1.29, 1.82) is 0 Å². The SMILES string of the molecule is NC(=O)/C=C/c1ccc(/C=C/C(=O)c2ccc(N3CCN(Cc4ccccc4)CC3)cc2)cc1. The number of rotatable bonds is 8. The maximum atomic E-state index is 12.6. The van der Waals surface area contributed by atoms with Crippen LogP contribution in [-0.2, 0) is 11.3 Å². The van der Waals surface area contributed by atoms with Crippen LogP contribution in [0.3, 0.4) is 0 Å². The fourth-order valence-corrected chi connectivity index (χ4v) is 4.01. The second-order valence-corrected chi connectivity index (χ2v) is 8.40. The molecule has 0 saturated carbocycles. The minimum absolute atomic E-state index is 0.0306. The number of carbonyl (C=O) groups excluding carboxylic acids is 2. The molecule has 1 heterocycles. The maximum Gasteiger partial charge on any atom is 0.241 e. The van der Waals surface area contributed by atoms with Gasteiger partial charge in [-0.05, 0) is 53.1 Å². The van der Waals surface area contributed by atoms with Crippen LogP contribution in [-0.4, -0.2) is 42.8 Å². The summed E-state index contributed by atoms with van der Waals surface area (Å²) in [6.45, 7) is 4.99. The minimum atomic E-state index is -0.481. The molecule has 1 aliphatic rings. The summed E-state index contributed by atoms with van der Waals surface area (Å²) in [7, 11) is 0. The van der Waals surface area contributed by atoms with E-state index in [1.165, 1.54) is 11.6 Å². The van der Waals surface area contributed by atoms with E-state index in [2.05, 4.69) is 40.1 Å². The van der Waals surface area contributed by atoms with Crippen molar-refractivity contribution in [3.63, 3.8) is 0 Å². The van der Waals surface area contributed by atoms with Crippen molar-refractivity contribution in [3.8, 4) is 0 Å². The molecule has 1 fully saturated rings. The summed E-state index contributed by atoms with van der Waals surface area (Å²) in [6, 6.07) is 26.0. The predicted octanol–water partition coefficient (Wildman–Crippen LogP) is 4.40. The highest BCUT2D eigenvalue weighted by Crippen LogP contribution is 2.19. The number of nitrogens with zero attached hydrogens (tertiary/aromatic N) is 2. The molecule has 4 rings (SSSR count). The van der Waals surface area contributed by atoms with Gasteiger partial charge >= 0.3 is 0 Å². The molecule has 2 N–H and O–H groups in total. The van der Waals surface area contributed by atoms with Crippen molar-refractivity contribution in [2.24, 2.45) is 5.73 Å². The van der Waals surface area contributed by atoms with Crippen LogP contribution in [0.4, 0.5) is 5.69 Å². The molecule has 0 aromatic heterocycles. The highest BCUT2D eigenvalue weighted by atomic mass is 16.1. The van der Waals surface area contributed by atoms with Crippen LogP contribution in [0, 0.1) is 0 Å². The molecule has 3 aromatic rings. The average Bonchev–Trinajstić information content (AvgIpc) is 2.88. The molecule has 0 radical (unpaired) electrons. The summed E-state index contributed by atoms with van der Waals surface area (Å²) in [5.41, 5.74) is 10.1. The molecule has 1 aliphatic heterocycles. The Kier molecular flexibility index (Phi) is 7.68. The first-order chi connectivity index (χ1) is 16.6. The Balaban J connectivity index is 1.29. The van der Waals surface area contributed by atoms with E-state index in [1.54, 1.807) is 18.2 Å². The van der Waals surface area contributed by atoms with Gasteiger partial charge in [-0.2, -0.15) is 0 Å². The lowest BCUT2D eigenvalue weighted by molar-refractivity contribution is -0.113. The number of ketones is 1. The first-order valence-corrected chi connectivity index (χ1v) is 11.5. The third kappa shape index (κ3) is 6.53. The lowest BCUT2D eigenvalue weighted by Crippen LogP contribution is -2.45. The fraction of sp³-hybridized carbons (Fsp3) is 0.172. The molecule has 1 amide bonds. The molecule has 0 aliphatic carbocycles. The minimum Gasteiger partial charge on any atom is -0.369 e. The summed E-state index contributed by atoms with van der Waals surface area (Å²) in [6.07, 6.45) is 6.36. The predicted molar refractivity (Wildman–Crippen MR) is 138 cm³/mol. The van der Waals surface area contributed by atoms with Crippen LogP contribution in [0.1, 0.15) is 27.0 Å². The molecule has 0 unspecified atom stereocenters. The number of allylic oxidation sites excluding steroid dienone is 1. The number of primary amides is 1. The van der Waals surface area contributed by atoms with E-state index >= 15 is 0 Å². The topological polar surface area (TPSA) is 66.6 Å². The van der Waals surface area contributed by atoms with Crippen LogP contribution in [0.15, 0.2) is 91.0 Å². The number of nitrogens with two attached hydrogens (primary N) is 1. The van der Waals surface area contributed by atoms with E-state index in [1.807, 2.05) is 48.5 Å². The second kappa shape index (κ2) is 11.3. The summed E-state index contributed by atoms with van der Waals surface area (Å²) in [5.74, 6) is -0.511. The molecule has 0 bridgehead atoms. The third-order valence-corrected chi connectivity index (χ3v) is 5.94. The Morgan fingerprint density at radius 1 is 0.735 bits per heavy atom. The number of amides is 1. The zero-order valence-corrected chi connectivity index (χ0v) is 19.1. The zero-order chi connectivity index (χ0) is 23.8. The Bertz CT molecular complexity index is 1160. The van der Waals surface area contributed by atoms with Gasteiger partial charge in [-0.3, -0.25) is 14.5 Å². The third-order valence-electron chi connectivity index (χ3n) is 5.94. The van der Waals surface area contributed by atoms with E-state index < -0.39 is 5.91 Å². The van der Waals surface area contributed by atoms with Crippen LogP contribution in [0.2, 0.25) is 0 Å². The van der Waals surface area contributed by atoms with Crippen molar-refractivity contribution in [3.05, 3.63) is 113 Å². The molecule has 5 heteroatoms. The van der Waals surface area contributed by atoms with Gasteiger partial charge in [0.2, 0.25) is 5.91 Å². The van der Waals surface area contributed by atoms with Crippen molar-refractivity contribution >= 4 is 29.5 Å². The van der Waals surface area contributed by atoms with Crippen molar-refractivity contribution in [2.75, 3.05) is 31.1 Å². The largest absolute Gasteiger partial charge is 0.369 e. The molecule has 172 valence electrons. The summed E-state index contributed by atoms with van der Waals surface area (Å²) in [4.78, 5) is 28.3. The van der Waals surface area contributed by atoms with Crippen LogP contribution >= 0.6 is 0 Å². The fourth-order valence-electron chi connectivity index (χ4n) is 4.01. The van der Waals surface area contributed by atoms with Gasteiger partial charge in [0.25, 0.3) is 0 Å². The monoisotopic (exact) mass is 451 g/mol. The maximum absolute atomic E-state index is 12.6. The van der Waals surface area contributed by atoms with E-state index in [-0.39, 0.29) is 5.78 Å². The Labute approximate surface area is 200 Å². The lowest BCUT2D eigenvalue weighted by Gasteiger charge is -2.36. The number of anilines is 1. The molecule has 1 saturated heterocycles. The number of carbonyl (C=O) groups is 2. The summed E-state index contributed by atoms with van der Waals surface area (Å²) >= 11 is 0.